The molecule has 0 unspecified atom stereocenters. The van der Waals surface area contributed by atoms with Crippen LogP contribution in [0.15, 0.2) is 12.1 Å². The van der Waals surface area contributed by atoms with Crippen LogP contribution in [0.2, 0.25) is 10.2 Å². The van der Waals surface area contributed by atoms with E-state index in [0.717, 1.165) is 0 Å². The second-order valence-corrected chi connectivity index (χ2v) is 5.99. The number of carbonyl (C=O) groups is 2. The van der Waals surface area contributed by atoms with Gasteiger partial charge in [0.25, 0.3) is 5.91 Å². The molecule has 5 nitrogen and oxygen atoms in total. The van der Waals surface area contributed by atoms with Crippen molar-refractivity contribution in [3.8, 4) is 0 Å². The third kappa shape index (κ3) is 4.98. The predicted octanol–water partition coefficient (Wildman–Crippen LogP) is 2.85. The molecule has 0 aromatic carbocycles. The van der Waals surface area contributed by atoms with Crippen LogP contribution in [0.4, 0.5) is 0 Å². The second kappa shape index (κ2) is 6.41. The average Bonchev–Trinajstić information content (AvgIpc) is 2.29. The average molecular weight is 319 g/mol. The first-order chi connectivity index (χ1) is 9.10. The molecule has 1 aromatic rings. The van der Waals surface area contributed by atoms with Crippen molar-refractivity contribution in [2.45, 2.75) is 39.3 Å². The molecule has 110 valence electrons. The summed E-state index contributed by atoms with van der Waals surface area (Å²) in [5, 5.41) is 2.77. The molecule has 0 fully saturated rings. The highest BCUT2D eigenvalue weighted by atomic mass is 35.5. The molecule has 0 saturated heterocycles. The van der Waals surface area contributed by atoms with Crippen LogP contribution in [0, 0.1) is 0 Å². The van der Waals surface area contributed by atoms with Crippen LogP contribution in [0.3, 0.4) is 0 Å². The third-order valence-electron chi connectivity index (χ3n) is 2.14. The van der Waals surface area contributed by atoms with Crippen LogP contribution < -0.4 is 5.32 Å². The van der Waals surface area contributed by atoms with Crippen LogP contribution in [-0.4, -0.2) is 28.5 Å². The largest absolute Gasteiger partial charge is 0.458 e. The molecule has 0 aliphatic rings. The monoisotopic (exact) mass is 318 g/mol. The number of esters is 1. The van der Waals surface area contributed by atoms with E-state index in [9.17, 15) is 9.59 Å². The molecule has 1 N–H and O–H groups in total. The highest BCUT2D eigenvalue weighted by molar-refractivity contribution is 6.34. The first-order valence-corrected chi connectivity index (χ1v) is 6.71. The maximum atomic E-state index is 12.0. The van der Waals surface area contributed by atoms with Crippen LogP contribution in [0.5, 0.6) is 0 Å². The summed E-state index contributed by atoms with van der Waals surface area (Å²) in [6.07, 6.45) is 0. The zero-order valence-electron chi connectivity index (χ0n) is 11.7. The van der Waals surface area contributed by atoms with Gasteiger partial charge in [0.05, 0.1) is 5.02 Å². The lowest BCUT2D eigenvalue weighted by Gasteiger charge is -2.22. The molecule has 1 aromatic heterocycles. The second-order valence-electron chi connectivity index (χ2n) is 5.19. The fourth-order valence-corrected chi connectivity index (χ4v) is 1.63. The summed E-state index contributed by atoms with van der Waals surface area (Å²) in [5.74, 6) is -1.13. The van der Waals surface area contributed by atoms with Gasteiger partial charge in [-0.1, -0.05) is 23.2 Å². The highest BCUT2D eigenvalue weighted by Crippen LogP contribution is 2.17. The molecule has 1 atom stereocenters. The van der Waals surface area contributed by atoms with Gasteiger partial charge < -0.3 is 10.1 Å². The Labute approximate surface area is 127 Å². The minimum atomic E-state index is -0.821. The van der Waals surface area contributed by atoms with Gasteiger partial charge in [-0.2, -0.15) is 0 Å². The van der Waals surface area contributed by atoms with Gasteiger partial charge in [0.15, 0.2) is 0 Å². The van der Waals surface area contributed by atoms with Gasteiger partial charge >= 0.3 is 5.97 Å². The third-order valence-corrected chi connectivity index (χ3v) is 2.65. The highest BCUT2D eigenvalue weighted by Gasteiger charge is 2.24. The van der Waals surface area contributed by atoms with Gasteiger partial charge in [-0.3, -0.25) is 4.79 Å². The van der Waals surface area contributed by atoms with Gasteiger partial charge in [0.2, 0.25) is 0 Å². The van der Waals surface area contributed by atoms with E-state index in [4.69, 9.17) is 27.9 Å². The van der Waals surface area contributed by atoms with E-state index in [-0.39, 0.29) is 15.9 Å². The van der Waals surface area contributed by atoms with Crippen LogP contribution >= 0.6 is 23.2 Å². The Bertz CT molecular complexity index is 527. The maximum Gasteiger partial charge on any atom is 0.328 e. The number of rotatable bonds is 3. The van der Waals surface area contributed by atoms with Gasteiger partial charge in [-0.25, -0.2) is 9.78 Å². The molecule has 1 rings (SSSR count). The van der Waals surface area contributed by atoms with Gasteiger partial charge in [0.1, 0.15) is 22.5 Å². The van der Waals surface area contributed by atoms with E-state index in [1.807, 2.05) is 0 Å². The summed E-state index contributed by atoms with van der Waals surface area (Å²) in [4.78, 5) is 27.6. The van der Waals surface area contributed by atoms with Crippen molar-refractivity contribution < 1.29 is 14.3 Å². The minimum absolute atomic E-state index is 0.0328. The Kier molecular flexibility index (Phi) is 5.36. The van der Waals surface area contributed by atoms with E-state index in [1.165, 1.54) is 19.1 Å². The Hall–Kier alpha value is -1.33. The first-order valence-electron chi connectivity index (χ1n) is 5.96. The van der Waals surface area contributed by atoms with E-state index >= 15 is 0 Å². The smallest absolute Gasteiger partial charge is 0.328 e. The quantitative estimate of drug-likeness (QED) is 0.687. The number of ether oxygens (including phenoxy) is 1. The standard InChI is InChI=1S/C13H16Cl2N2O3/c1-7(12(19)20-13(2,3)4)16-11(18)10-8(14)5-6-9(15)17-10/h5-7H,1-4H3,(H,16,18)/t7-/m1/s1. The van der Waals surface area contributed by atoms with Crippen molar-refractivity contribution in [1.29, 1.82) is 0 Å². The molecule has 0 spiro atoms. The van der Waals surface area contributed by atoms with Crippen molar-refractivity contribution in [1.82, 2.24) is 10.3 Å². The number of nitrogens with zero attached hydrogens (tertiary/aromatic N) is 1. The molecule has 1 amide bonds. The minimum Gasteiger partial charge on any atom is -0.458 e. The maximum absolute atomic E-state index is 12.0. The Morgan fingerprint density at radius 2 is 1.90 bits per heavy atom. The SMILES string of the molecule is C[C@@H](NC(=O)c1nc(Cl)ccc1Cl)C(=O)OC(C)(C)C. The Morgan fingerprint density at radius 3 is 2.45 bits per heavy atom. The van der Waals surface area contributed by atoms with Crippen LogP contribution in [-0.2, 0) is 9.53 Å². The molecule has 1 heterocycles. The van der Waals surface area contributed by atoms with Crippen LogP contribution in [0.1, 0.15) is 38.2 Å². The molecule has 0 aliphatic carbocycles. The predicted molar refractivity (Wildman–Crippen MR) is 77.0 cm³/mol. The van der Waals surface area contributed by atoms with Gasteiger partial charge in [-0.15, -0.1) is 0 Å². The number of hydrogen-bond donors (Lipinski definition) is 1. The van der Waals surface area contributed by atoms with E-state index in [0.29, 0.717) is 0 Å². The number of amides is 1. The molecular weight excluding hydrogens is 303 g/mol. The molecular formula is C13H16Cl2N2O3. The van der Waals surface area contributed by atoms with Gasteiger partial charge in [0, 0.05) is 0 Å². The topological polar surface area (TPSA) is 68.3 Å². The summed E-state index contributed by atoms with van der Waals surface area (Å²) in [5.41, 5.74) is -0.656. The van der Waals surface area contributed by atoms with Gasteiger partial charge in [-0.05, 0) is 39.8 Å². The summed E-state index contributed by atoms with van der Waals surface area (Å²) in [6.45, 7) is 6.75. The van der Waals surface area contributed by atoms with E-state index in [2.05, 4.69) is 10.3 Å². The van der Waals surface area contributed by atoms with E-state index in [1.54, 1.807) is 20.8 Å². The van der Waals surface area contributed by atoms with Crippen LogP contribution in [0.25, 0.3) is 0 Å². The lowest BCUT2D eigenvalue weighted by molar-refractivity contribution is -0.156. The number of pyridine rings is 1. The normalized spacial score (nSPS) is 12.7. The lowest BCUT2D eigenvalue weighted by atomic mass is 10.2. The summed E-state index contributed by atoms with van der Waals surface area (Å²) >= 11 is 11.6. The number of hydrogen-bond acceptors (Lipinski definition) is 4. The summed E-state index contributed by atoms with van der Waals surface area (Å²) in [6, 6.07) is 2.11. The summed E-state index contributed by atoms with van der Waals surface area (Å²) < 4.78 is 5.16. The van der Waals surface area contributed by atoms with E-state index < -0.39 is 23.5 Å². The van der Waals surface area contributed by atoms with Crippen molar-refractivity contribution in [3.05, 3.63) is 28.0 Å². The molecule has 20 heavy (non-hydrogen) atoms. The number of carbonyl (C=O) groups excluding carboxylic acids is 2. The first kappa shape index (κ1) is 16.7. The Balaban J connectivity index is 2.75. The summed E-state index contributed by atoms with van der Waals surface area (Å²) in [7, 11) is 0. The number of aromatic nitrogens is 1. The fourth-order valence-electron chi connectivity index (χ4n) is 1.29. The molecule has 0 saturated carbocycles. The Morgan fingerprint density at radius 1 is 1.30 bits per heavy atom. The molecule has 0 radical (unpaired) electrons. The zero-order chi connectivity index (χ0) is 15.5. The number of nitrogens with one attached hydrogen (secondary N) is 1. The lowest BCUT2D eigenvalue weighted by Crippen LogP contribution is -2.42. The molecule has 0 bridgehead atoms. The number of halogens is 2. The zero-order valence-corrected chi connectivity index (χ0v) is 13.2. The molecule has 7 heteroatoms. The van der Waals surface area contributed by atoms with Crippen molar-refractivity contribution >= 4 is 35.1 Å². The van der Waals surface area contributed by atoms with Crippen molar-refractivity contribution in [2.24, 2.45) is 0 Å². The molecule has 0 aliphatic heterocycles. The van der Waals surface area contributed by atoms with Crippen molar-refractivity contribution in [2.75, 3.05) is 0 Å². The van der Waals surface area contributed by atoms with Crippen molar-refractivity contribution in [3.63, 3.8) is 0 Å². The fraction of sp³-hybridized carbons (Fsp3) is 0.462.